The largest absolute Gasteiger partial charge is 0.495 e. The van der Waals surface area contributed by atoms with Crippen LogP contribution >= 0.6 is 11.8 Å². The van der Waals surface area contributed by atoms with Crippen molar-refractivity contribution in [3.63, 3.8) is 0 Å². The third-order valence-electron chi connectivity index (χ3n) is 5.97. The van der Waals surface area contributed by atoms with Crippen molar-refractivity contribution in [1.82, 2.24) is 0 Å². The Hall–Kier alpha value is -4.02. The number of aryl methyl sites for hydroxylation is 2. The molecule has 6 nitrogen and oxygen atoms in total. The number of nitrogens with zero attached hydrogens (tertiary/aromatic N) is 2. The zero-order chi connectivity index (χ0) is 25.7. The molecule has 7 heteroatoms. The molecule has 4 rings (SSSR count). The predicted octanol–water partition coefficient (Wildman–Crippen LogP) is 5.63. The van der Waals surface area contributed by atoms with E-state index in [0.717, 1.165) is 23.1 Å². The summed E-state index contributed by atoms with van der Waals surface area (Å²) in [6, 6.07) is 24.7. The first-order chi connectivity index (χ1) is 17.4. The van der Waals surface area contributed by atoms with E-state index in [1.165, 1.54) is 23.8 Å². The maximum atomic E-state index is 13.7. The number of hydrogen-bond donors (Lipinski definition) is 1. The average Bonchev–Trinajstić information content (AvgIpc) is 3.20. The Labute approximate surface area is 215 Å². The normalized spacial score (nSPS) is 16.4. The van der Waals surface area contributed by atoms with Gasteiger partial charge in [-0.05, 0) is 55.2 Å². The van der Waals surface area contributed by atoms with Gasteiger partial charge >= 0.3 is 0 Å². The topological polar surface area (TPSA) is 82.4 Å². The van der Waals surface area contributed by atoms with E-state index in [1.54, 1.807) is 24.3 Å². The Kier molecular flexibility index (Phi) is 7.77. The number of thioether (sulfide) groups is 1. The second kappa shape index (κ2) is 11.1. The molecular weight excluding hydrogens is 470 g/mol. The summed E-state index contributed by atoms with van der Waals surface area (Å²) in [7, 11) is 1.51. The van der Waals surface area contributed by atoms with Gasteiger partial charge in [-0.3, -0.25) is 14.5 Å². The first-order valence-corrected chi connectivity index (χ1v) is 12.6. The van der Waals surface area contributed by atoms with Crippen LogP contribution in [-0.4, -0.2) is 24.2 Å². The van der Waals surface area contributed by atoms with Gasteiger partial charge in [0.15, 0.2) is 0 Å². The highest BCUT2D eigenvalue weighted by atomic mass is 32.2. The zero-order valence-electron chi connectivity index (χ0n) is 20.4. The molecule has 1 saturated heterocycles. The van der Waals surface area contributed by atoms with E-state index >= 15 is 0 Å². The number of methoxy groups -OCH3 is 1. The van der Waals surface area contributed by atoms with E-state index in [0.29, 0.717) is 28.6 Å². The number of nitriles is 1. The second-order valence-corrected chi connectivity index (χ2v) is 9.63. The standard InChI is InChI=1S/C29H27N3O3S/c1-4-20-12-14-22(15-13-20)32-28(34)26(17-21-9-7-8-19(2)16-21)36-29(32)23(18-30)27(33)31-24-10-5-6-11-25(24)35-3/h5-16,26H,4,17H2,1-3H3,(H,31,33)/b29-23-. The van der Waals surface area contributed by atoms with Crippen LogP contribution in [0.4, 0.5) is 11.4 Å². The summed E-state index contributed by atoms with van der Waals surface area (Å²) in [5.41, 5.74) is 4.23. The molecule has 1 unspecified atom stereocenters. The van der Waals surface area contributed by atoms with Gasteiger partial charge < -0.3 is 10.1 Å². The smallest absolute Gasteiger partial charge is 0.269 e. The zero-order valence-corrected chi connectivity index (χ0v) is 21.3. The summed E-state index contributed by atoms with van der Waals surface area (Å²) < 4.78 is 5.32. The number of para-hydroxylation sites is 2. The molecular formula is C29H27N3O3S. The van der Waals surface area contributed by atoms with Crippen LogP contribution in [0.1, 0.15) is 23.6 Å². The van der Waals surface area contributed by atoms with Crippen molar-refractivity contribution in [3.05, 3.63) is 100 Å². The van der Waals surface area contributed by atoms with Gasteiger partial charge in [-0.1, -0.05) is 72.8 Å². The number of carbonyl (C=O) groups excluding carboxylic acids is 2. The molecule has 1 fully saturated rings. The van der Waals surface area contributed by atoms with Gasteiger partial charge in [0.2, 0.25) is 5.91 Å². The van der Waals surface area contributed by atoms with E-state index < -0.39 is 11.2 Å². The molecule has 1 heterocycles. The monoisotopic (exact) mass is 497 g/mol. The van der Waals surface area contributed by atoms with Crippen LogP contribution < -0.4 is 15.0 Å². The van der Waals surface area contributed by atoms with Gasteiger partial charge in [-0.25, -0.2) is 0 Å². The van der Waals surface area contributed by atoms with E-state index in [4.69, 9.17) is 4.74 Å². The van der Waals surface area contributed by atoms with Gasteiger partial charge in [0.1, 0.15) is 22.4 Å². The molecule has 3 aromatic rings. The van der Waals surface area contributed by atoms with Crippen LogP contribution in [0.5, 0.6) is 5.75 Å². The molecule has 1 atom stereocenters. The summed E-state index contributed by atoms with van der Waals surface area (Å²) in [6.45, 7) is 4.07. The Morgan fingerprint density at radius 2 is 1.83 bits per heavy atom. The van der Waals surface area contributed by atoms with Crippen molar-refractivity contribution >= 4 is 35.0 Å². The second-order valence-electron chi connectivity index (χ2n) is 8.44. The number of nitrogens with one attached hydrogen (secondary N) is 1. The SMILES string of the molecule is CCc1ccc(N2C(=O)C(Cc3cccc(C)c3)S/C2=C(/C#N)C(=O)Nc2ccccc2OC)cc1. The minimum absolute atomic E-state index is 0.120. The van der Waals surface area contributed by atoms with Gasteiger partial charge in [0.25, 0.3) is 5.91 Å². The van der Waals surface area contributed by atoms with E-state index in [9.17, 15) is 14.9 Å². The molecule has 0 aromatic heterocycles. The van der Waals surface area contributed by atoms with Crippen molar-refractivity contribution in [3.8, 4) is 11.8 Å². The maximum Gasteiger partial charge on any atom is 0.269 e. The van der Waals surface area contributed by atoms with Crippen LogP contribution in [0, 0.1) is 18.3 Å². The number of rotatable bonds is 7. The van der Waals surface area contributed by atoms with Crippen molar-refractivity contribution in [2.75, 3.05) is 17.3 Å². The molecule has 1 aliphatic heterocycles. The molecule has 2 amide bonds. The third kappa shape index (κ3) is 5.29. The Morgan fingerprint density at radius 3 is 2.50 bits per heavy atom. The molecule has 182 valence electrons. The van der Waals surface area contributed by atoms with Gasteiger partial charge in [0.05, 0.1) is 18.0 Å². The summed E-state index contributed by atoms with van der Waals surface area (Å²) in [5.74, 6) is -0.269. The lowest BCUT2D eigenvalue weighted by atomic mass is 10.1. The molecule has 0 aliphatic carbocycles. The van der Waals surface area contributed by atoms with Crippen LogP contribution in [0.3, 0.4) is 0 Å². The number of ether oxygens (including phenoxy) is 1. The third-order valence-corrected chi connectivity index (χ3v) is 7.23. The Morgan fingerprint density at radius 1 is 1.08 bits per heavy atom. The predicted molar refractivity (Wildman–Crippen MR) is 144 cm³/mol. The summed E-state index contributed by atoms with van der Waals surface area (Å²) in [4.78, 5) is 28.5. The van der Waals surface area contributed by atoms with Crippen LogP contribution in [0.25, 0.3) is 0 Å². The highest BCUT2D eigenvalue weighted by Gasteiger charge is 2.40. The van der Waals surface area contributed by atoms with E-state index in [-0.39, 0.29) is 11.5 Å². The number of hydrogen-bond acceptors (Lipinski definition) is 5. The molecule has 36 heavy (non-hydrogen) atoms. The fourth-order valence-electron chi connectivity index (χ4n) is 4.09. The minimum Gasteiger partial charge on any atom is -0.495 e. The maximum absolute atomic E-state index is 13.7. The number of anilines is 2. The van der Waals surface area contributed by atoms with Crippen molar-refractivity contribution in [1.29, 1.82) is 5.26 Å². The van der Waals surface area contributed by atoms with Crippen LogP contribution in [0.15, 0.2) is 83.4 Å². The highest BCUT2D eigenvalue weighted by Crippen LogP contribution is 2.42. The minimum atomic E-state index is -0.594. The first-order valence-electron chi connectivity index (χ1n) is 11.7. The van der Waals surface area contributed by atoms with Crippen molar-refractivity contribution in [2.45, 2.75) is 31.9 Å². The van der Waals surface area contributed by atoms with E-state index in [1.807, 2.05) is 55.5 Å². The van der Waals surface area contributed by atoms with Gasteiger partial charge in [-0.2, -0.15) is 5.26 Å². The fourth-order valence-corrected chi connectivity index (χ4v) is 5.40. The lowest BCUT2D eigenvalue weighted by Gasteiger charge is -2.19. The molecule has 3 aromatic carbocycles. The summed E-state index contributed by atoms with van der Waals surface area (Å²) in [6.07, 6.45) is 1.36. The average molecular weight is 498 g/mol. The molecule has 0 spiro atoms. The van der Waals surface area contributed by atoms with Gasteiger partial charge in [-0.15, -0.1) is 0 Å². The van der Waals surface area contributed by atoms with Crippen molar-refractivity contribution in [2.24, 2.45) is 0 Å². The van der Waals surface area contributed by atoms with Crippen molar-refractivity contribution < 1.29 is 14.3 Å². The van der Waals surface area contributed by atoms with Crippen LogP contribution in [0.2, 0.25) is 0 Å². The van der Waals surface area contributed by atoms with Gasteiger partial charge in [0, 0.05) is 5.69 Å². The Bertz CT molecular complexity index is 1360. The molecule has 0 saturated carbocycles. The molecule has 0 bridgehead atoms. The number of amides is 2. The highest BCUT2D eigenvalue weighted by molar-refractivity contribution is 8.05. The lowest BCUT2D eigenvalue weighted by Crippen LogP contribution is -2.31. The Balaban J connectivity index is 1.74. The summed E-state index contributed by atoms with van der Waals surface area (Å²) in [5, 5.41) is 12.7. The van der Waals surface area contributed by atoms with Crippen LogP contribution in [-0.2, 0) is 22.4 Å². The lowest BCUT2D eigenvalue weighted by molar-refractivity contribution is -0.117. The number of carbonyl (C=O) groups is 2. The quantitative estimate of drug-likeness (QED) is 0.338. The molecule has 1 aliphatic rings. The number of benzene rings is 3. The first kappa shape index (κ1) is 25.1. The molecule has 1 N–H and O–H groups in total. The summed E-state index contributed by atoms with van der Waals surface area (Å²) >= 11 is 1.26. The molecule has 0 radical (unpaired) electrons. The fraction of sp³-hybridized carbons (Fsp3) is 0.207. The van der Waals surface area contributed by atoms with E-state index in [2.05, 4.69) is 18.3 Å².